The van der Waals surface area contributed by atoms with Crippen LogP contribution in [0.5, 0.6) is 0 Å². The predicted molar refractivity (Wildman–Crippen MR) is 150 cm³/mol. The Morgan fingerprint density at radius 3 is 0.844 bits per heavy atom. The Kier molecular flexibility index (Phi) is 27.2. The van der Waals surface area contributed by atoms with Crippen molar-refractivity contribution in [3.63, 3.8) is 0 Å². The molecule has 0 aromatic heterocycles. The molecule has 0 fully saturated rings. The van der Waals surface area contributed by atoms with Gasteiger partial charge in [-0.25, -0.2) is 0 Å². The quantitative estimate of drug-likeness (QED) is 0.109. The molecule has 0 N–H and O–H groups in total. The lowest BCUT2D eigenvalue weighted by Crippen LogP contribution is -1.97. The van der Waals surface area contributed by atoms with Crippen molar-refractivity contribution < 1.29 is 0 Å². The second-order valence-corrected chi connectivity index (χ2v) is 11.4. The van der Waals surface area contributed by atoms with Gasteiger partial charge in [-0.2, -0.15) is 0 Å². The van der Waals surface area contributed by atoms with Gasteiger partial charge >= 0.3 is 0 Å². The number of hydrogen-bond acceptors (Lipinski definition) is 0. The molecule has 0 rings (SSSR count). The van der Waals surface area contributed by atoms with Crippen molar-refractivity contribution in [2.24, 2.45) is 11.8 Å². The lowest BCUT2D eigenvalue weighted by Gasteiger charge is -2.12. The molecule has 32 heavy (non-hydrogen) atoms. The van der Waals surface area contributed by atoms with Crippen LogP contribution in [0.15, 0.2) is 0 Å². The zero-order chi connectivity index (χ0) is 23.5. The fraction of sp³-hybridized carbons (Fsp3) is 1.00. The molecule has 0 bridgehead atoms. The van der Waals surface area contributed by atoms with Crippen LogP contribution in [-0.4, -0.2) is 0 Å². The third kappa shape index (κ3) is 26.3. The van der Waals surface area contributed by atoms with Crippen LogP contribution in [-0.2, 0) is 0 Å². The summed E-state index contributed by atoms with van der Waals surface area (Å²) in [6, 6.07) is 0. The highest BCUT2D eigenvalue weighted by Crippen LogP contribution is 2.20. The van der Waals surface area contributed by atoms with Crippen LogP contribution in [0, 0.1) is 11.8 Å². The third-order valence-corrected chi connectivity index (χ3v) is 7.73. The first-order valence-corrected chi connectivity index (χ1v) is 15.7. The minimum absolute atomic E-state index is 0.956. The molecule has 0 saturated carbocycles. The Hall–Kier alpha value is 0. The second-order valence-electron chi connectivity index (χ2n) is 11.4. The van der Waals surface area contributed by atoms with Gasteiger partial charge in [-0.05, 0) is 11.8 Å². The lowest BCUT2D eigenvalue weighted by atomic mass is 9.94. The Bertz CT molecular complexity index is 320. The molecule has 0 aliphatic rings. The largest absolute Gasteiger partial charge is 0.0654 e. The molecular weight excluding hydrogens is 384 g/mol. The fourth-order valence-corrected chi connectivity index (χ4v) is 5.34. The standard InChI is InChI=1S/C32H66/c1-5-7-8-9-10-11-12-13-14-15-16-17-18-19-20-21-22-24-29-32(4)30-26-23-25-28-31(3)27-6-2/h31-32H,5-30H2,1-4H3. The van der Waals surface area contributed by atoms with Gasteiger partial charge in [-0.1, -0.05) is 195 Å². The summed E-state index contributed by atoms with van der Waals surface area (Å²) in [5.74, 6) is 1.92. The first kappa shape index (κ1) is 32.0. The van der Waals surface area contributed by atoms with E-state index in [4.69, 9.17) is 0 Å². The maximum absolute atomic E-state index is 2.49. The van der Waals surface area contributed by atoms with Gasteiger partial charge < -0.3 is 0 Å². The SMILES string of the molecule is CCCCCCCCCCCCCCCCCCCCC(C)CCCCCC(C)CCC. The van der Waals surface area contributed by atoms with Gasteiger partial charge in [-0.3, -0.25) is 0 Å². The zero-order valence-electron chi connectivity index (χ0n) is 23.5. The average molecular weight is 451 g/mol. The van der Waals surface area contributed by atoms with Crippen LogP contribution in [0.2, 0.25) is 0 Å². The van der Waals surface area contributed by atoms with E-state index in [0.717, 1.165) is 11.8 Å². The monoisotopic (exact) mass is 451 g/mol. The first-order valence-electron chi connectivity index (χ1n) is 15.7. The van der Waals surface area contributed by atoms with Gasteiger partial charge in [0, 0.05) is 0 Å². The van der Waals surface area contributed by atoms with E-state index in [-0.39, 0.29) is 0 Å². The Labute approximate surface area is 206 Å². The van der Waals surface area contributed by atoms with Crippen molar-refractivity contribution in [1.29, 1.82) is 0 Å². The minimum atomic E-state index is 0.956. The Morgan fingerprint density at radius 2 is 0.531 bits per heavy atom. The molecule has 0 spiro atoms. The van der Waals surface area contributed by atoms with Gasteiger partial charge in [0.2, 0.25) is 0 Å². The lowest BCUT2D eigenvalue weighted by molar-refractivity contribution is 0.414. The van der Waals surface area contributed by atoms with Gasteiger partial charge in [0.25, 0.3) is 0 Å². The van der Waals surface area contributed by atoms with Crippen molar-refractivity contribution in [3.05, 3.63) is 0 Å². The van der Waals surface area contributed by atoms with Crippen LogP contribution in [0.25, 0.3) is 0 Å². The predicted octanol–water partition coefficient (Wildman–Crippen LogP) is 12.4. The van der Waals surface area contributed by atoms with Crippen LogP contribution >= 0.6 is 0 Å². The molecule has 2 atom stereocenters. The van der Waals surface area contributed by atoms with E-state index >= 15 is 0 Å². The Morgan fingerprint density at radius 1 is 0.281 bits per heavy atom. The summed E-state index contributed by atoms with van der Waals surface area (Å²) in [6.07, 6.45) is 38.2. The molecule has 0 aromatic rings. The van der Waals surface area contributed by atoms with Crippen LogP contribution in [0.4, 0.5) is 0 Å². The van der Waals surface area contributed by atoms with Crippen molar-refractivity contribution in [2.75, 3.05) is 0 Å². The number of hydrogen-bond donors (Lipinski definition) is 0. The Balaban J connectivity index is 3.15. The minimum Gasteiger partial charge on any atom is -0.0654 e. The highest BCUT2D eigenvalue weighted by atomic mass is 14.1. The normalized spacial score (nSPS) is 13.5. The maximum Gasteiger partial charge on any atom is -0.0443 e. The molecule has 0 heterocycles. The average Bonchev–Trinajstić information content (AvgIpc) is 2.78. The molecular formula is C32H66. The molecule has 2 unspecified atom stereocenters. The highest BCUT2D eigenvalue weighted by Gasteiger charge is 2.04. The van der Waals surface area contributed by atoms with Crippen molar-refractivity contribution >= 4 is 0 Å². The maximum atomic E-state index is 2.49. The van der Waals surface area contributed by atoms with E-state index in [0.29, 0.717) is 0 Å². The van der Waals surface area contributed by atoms with Crippen LogP contribution in [0.3, 0.4) is 0 Å². The molecule has 0 nitrogen and oxygen atoms in total. The van der Waals surface area contributed by atoms with Gasteiger partial charge in [-0.15, -0.1) is 0 Å². The van der Waals surface area contributed by atoms with Crippen molar-refractivity contribution in [1.82, 2.24) is 0 Å². The van der Waals surface area contributed by atoms with E-state index < -0.39 is 0 Å². The van der Waals surface area contributed by atoms with E-state index in [2.05, 4.69) is 27.7 Å². The molecule has 0 aliphatic carbocycles. The molecule has 0 aliphatic heterocycles. The van der Waals surface area contributed by atoms with E-state index in [9.17, 15) is 0 Å². The summed E-state index contributed by atoms with van der Waals surface area (Å²) in [6.45, 7) is 9.55. The third-order valence-electron chi connectivity index (χ3n) is 7.73. The highest BCUT2D eigenvalue weighted by molar-refractivity contribution is 4.58. The fourth-order valence-electron chi connectivity index (χ4n) is 5.34. The molecule has 0 saturated heterocycles. The van der Waals surface area contributed by atoms with Crippen LogP contribution in [0.1, 0.15) is 195 Å². The molecule has 0 radical (unpaired) electrons. The molecule has 194 valence electrons. The molecule has 0 heteroatoms. The molecule has 0 amide bonds. The smallest absolute Gasteiger partial charge is 0.0443 e. The van der Waals surface area contributed by atoms with Crippen molar-refractivity contribution in [3.8, 4) is 0 Å². The van der Waals surface area contributed by atoms with Crippen LogP contribution < -0.4 is 0 Å². The van der Waals surface area contributed by atoms with Gasteiger partial charge in [0.1, 0.15) is 0 Å². The first-order chi connectivity index (χ1) is 15.7. The number of rotatable bonds is 27. The summed E-state index contributed by atoms with van der Waals surface area (Å²) < 4.78 is 0. The van der Waals surface area contributed by atoms with E-state index in [1.165, 1.54) is 167 Å². The second kappa shape index (κ2) is 27.2. The zero-order valence-corrected chi connectivity index (χ0v) is 23.5. The van der Waals surface area contributed by atoms with E-state index in [1.54, 1.807) is 0 Å². The number of unbranched alkanes of at least 4 members (excludes halogenated alkanes) is 19. The van der Waals surface area contributed by atoms with Gasteiger partial charge in [0.05, 0.1) is 0 Å². The van der Waals surface area contributed by atoms with Gasteiger partial charge in [0.15, 0.2) is 0 Å². The van der Waals surface area contributed by atoms with Crippen molar-refractivity contribution in [2.45, 2.75) is 195 Å². The molecule has 0 aromatic carbocycles. The summed E-state index contributed by atoms with van der Waals surface area (Å²) in [5.41, 5.74) is 0. The summed E-state index contributed by atoms with van der Waals surface area (Å²) in [5, 5.41) is 0. The summed E-state index contributed by atoms with van der Waals surface area (Å²) in [7, 11) is 0. The summed E-state index contributed by atoms with van der Waals surface area (Å²) in [4.78, 5) is 0. The topological polar surface area (TPSA) is 0 Å². The summed E-state index contributed by atoms with van der Waals surface area (Å²) >= 11 is 0. The van der Waals surface area contributed by atoms with E-state index in [1.807, 2.05) is 0 Å².